The minimum atomic E-state index is -0.0452. The first-order chi connectivity index (χ1) is 6.24. The Bertz CT molecular complexity index is 285. The van der Waals surface area contributed by atoms with E-state index in [4.69, 9.17) is 6.42 Å². The molecule has 0 aliphatic heterocycles. The first-order valence-corrected chi connectivity index (χ1v) is 4.18. The third kappa shape index (κ3) is 2.90. The topological polar surface area (TPSA) is 15.3 Å². The van der Waals surface area contributed by atoms with Crippen molar-refractivity contribution >= 4 is 0 Å². The Morgan fingerprint density at radius 1 is 1.31 bits per heavy atom. The monoisotopic (exact) mass is 174 g/mol. The molecule has 2 nitrogen and oxygen atoms in total. The zero-order valence-corrected chi connectivity index (χ0v) is 7.99. The van der Waals surface area contributed by atoms with Crippen molar-refractivity contribution in [2.45, 2.75) is 6.04 Å². The van der Waals surface area contributed by atoms with Crippen LogP contribution in [0.1, 0.15) is 11.6 Å². The van der Waals surface area contributed by atoms with E-state index in [2.05, 4.69) is 11.3 Å². The molecule has 0 saturated heterocycles. The van der Waals surface area contributed by atoms with Gasteiger partial charge in [-0.25, -0.2) is 10.4 Å². The molecular weight excluding hydrogens is 160 g/mol. The van der Waals surface area contributed by atoms with Gasteiger partial charge < -0.3 is 0 Å². The second-order valence-corrected chi connectivity index (χ2v) is 3.03. The average molecular weight is 174 g/mol. The zero-order valence-electron chi connectivity index (χ0n) is 7.99. The van der Waals surface area contributed by atoms with Gasteiger partial charge in [-0.2, -0.15) is 0 Å². The normalized spacial score (nSPS) is 12.5. The minimum absolute atomic E-state index is 0.0452. The summed E-state index contributed by atoms with van der Waals surface area (Å²) in [5.41, 5.74) is 4.25. The van der Waals surface area contributed by atoms with Gasteiger partial charge in [0.1, 0.15) is 6.04 Å². The van der Waals surface area contributed by atoms with E-state index in [9.17, 15) is 0 Å². The molecule has 0 heterocycles. The Morgan fingerprint density at radius 2 is 1.92 bits per heavy atom. The summed E-state index contributed by atoms with van der Waals surface area (Å²) in [7, 11) is 3.85. The third-order valence-corrected chi connectivity index (χ3v) is 1.69. The summed E-state index contributed by atoms with van der Waals surface area (Å²) in [5.74, 6) is 2.70. The van der Waals surface area contributed by atoms with E-state index in [1.165, 1.54) is 0 Å². The van der Waals surface area contributed by atoms with Gasteiger partial charge in [0, 0.05) is 14.1 Å². The van der Waals surface area contributed by atoms with Gasteiger partial charge in [-0.15, -0.1) is 6.42 Å². The molecule has 0 aliphatic rings. The fourth-order valence-corrected chi connectivity index (χ4v) is 1.11. The van der Waals surface area contributed by atoms with Gasteiger partial charge in [-0.05, 0) is 5.56 Å². The van der Waals surface area contributed by atoms with E-state index in [1.54, 1.807) is 0 Å². The summed E-state index contributed by atoms with van der Waals surface area (Å²) >= 11 is 0. The van der Waals surface area contributed by atoms with Crippen LogP contribution in [0.15, 0.2) is 30.3 Å². The molecule has 0 bridgehead atoms. The van der Waals surface area contributed by atoms with E-state index in [0.717, 1.165) is 5.56 Å². The molecule has 0 aliphatic carbocycles. The Labute approximate surface area is 79.5 Å². The molecule has 0 amide bonds. The maximum absolute atomic E-state index is 5.41. The van der Waals surface area contributed by atoms with Crippen LogP contribution in [0.25, 0.3) is 0 Å². The van der Waals surface area contributed by atoms with Gasteiger partial charge in [-0.3, -0.25) is 0 Å². The lowest BCUT2D eigenvalue weighted by Gasteiger charge is -2.18. The lowest BCUT2D eigenvalue weighted by atomic mass is 10.1. The molecule has 1 aromatic carbocycles. The molecule has 2 heteroatoms. The summed E-state index contributed by atoms with van der Waals surface area (Å²) in [6, 6.07) is 9.93. The highest BCUT2D eigenvalue weighted by molar-refractivity contribution is 5.25. The molecule has 13 heavy (non-hydrogen) atoms. The van der Waals surface area contributed by atoms with E-state index in [0.29, 0.717) is 0 Å². The van der Waals surface area contributed by atoms with Crippen LogP contribution in [0.2, 0.25) is 0 Å². The maximum atomic E-state index is 5.41. The van der Waals surface area contributed by atoms with Crippen LogP contribution in [0.3, 0.4) is 0 Å². The highest BCUT2D eigenvalue weighted by Gasteiger charge is 2.06. The minimum Gasteiger partial charge on any atom is -0.249 e. The Hall–Kier alpha value is -1.30. The molecule has 1 rings (SSSR count). The number of hydrogen-bond acceptors (Lipinski definition) is 2. The van der Waals surface area contributed by atoms with Crippen LogP contribution in [-0.2, 0) is 0 Å². The lowest BCUT2D eigenvalue weighted by Crippen LogP contribution is -2.33. The molecule has 1 unspecified atom stereocenters. The number of hydrogen-bond donors (Lipinski definition) is 1. The molecular formula is C11H14N2. The van der Waals surface area contributed by atoms with Crippen LogP contribution < -0.4 is 5.43 Å². The van der Waals surface area contributed by atoms with Crippen LogP contribution in [0.5, 0.6) is 0 Å². The van der Waals surface area contributed by atoms with Crippen LogP contribution in [0.4, 0.5) is 0 Å². The zero-order chi connectivity index (χ0) is 9.68. The summed E-state index contributed by atoms with van der Waals surface area (Å²) < 4.78 is 0. The van der Waals surface area contributed by atoms with Crippen molar-refractivity contribution in [1.82, 2.24) is 10.4 Å². The number of nitrogens with one attached hydrogen (secondary N) is 1. The molecule has 1 N–H and O–H groups in total. The first kappa shape index (κ1) is 9.79. The van der Waals surface area contributed by atoms with Crippen LogP contribution in [0, 0.1) is 12.3 Å². The summed E-state index contributed by atoms with van der Waals surface area (Å²) in [5, 5.41) is 1.86. The Morgan fingerprint density at radius 3 is 2.38 bits per heavy atom. The van der Waals surface area contributed by atoms with Crippen LogP contribution in [-0.4, -0.2) is 19.1 Å². The molecule has 0 fully saturated rings. The van der Waals surface area contributed by atoms with Gasteiger partial charge in [0.15, 0.2) is 0 Å². The summed E-state index contributed by atoms with van der Waals surface area (Å²) in [4.78, 5) is 0. The number of nitrogens with zero attached hydrogens (tertiary/aromatic N) is 1. The van der Waals surface area contributed by atoms with Crippen molar-refractivity contribution in [1.29, 1.82) is 0 Å². The van der Waals surface area contributed by atoms with Gasteiger partial charge in [-0.1, -0.05) is 36.3 Å². The molecule has 68 valence electrons. The smallest absolute Gasteiger partial charge is 0.107 e. The van der Waals surface area contributed by atoms with Gasteiger partial charge >= 0.3 is 0 Å². The van der Waals surface area contributed by atoms with E-state index in [-0.39, 0.29) is 6.04 Å². The van der Waals surface area contributed by atoms with Crippen molar-refractivity contribution in [2.24, 2.45) is 0 Å². The van der Waals surface area contributed by atoms with Crippen molar-refractivity contribution in [3.8, 4) is 12.3 Å². The predicted octanol–water partition coefficient (Wildman–Crippen LogP) is 1.43. The number of benzene rings is 1. The molecule has 1 aromatic rings. The standard InChI is InChI=1S/C11H14N2/c1-4-11(12-13(2)3)10-8-6-5-7-9-10/h1,5-9,11-12H,2-3H3. The third-order valence-electron chi connectivity index (χ3n) is 1.69. The second-order valence-electron chi connectivity index (χ2n) is 3.03. The Balaban J connectivity index is 2.75. The maximum Gasteiger partial charge on any atom is 0.107 e. The molecule has 0 radical (unpaired) electrons. The lowest BCUT2D eigenvalue weighted by molar-refractivity contribution is 0.269. The van der Waals surface area contributed by atoms with Crippen LogP contribution >= 0.6 is 0 Å². The molecule has 1 atom stereocenters. The number of terminal acetylenes is 1. The number of rotatable bonds is 3. The Kier molecular flexibility index (Phi) is 3.51. The predicted molar refractivity (Wildman–Crippen MR) is 54.8 cm³/mol. The second kappa shape index (κ2) is 4.66. The van der Waals surface area contributed by atoms with E-state index in [1.807, 2.05) is 49.4 Å². The SMILES string of the molecule is C#CC(NN(C)C)c1ccccc1. The van der Waals surface area contributed by atoms with Crippen molar-refractivity contribution in [3.05, 3.63) is 35.9 Å². The fraction of sp³-hybridized carbons (Fsp3) is 0.273. The van der Waals surface area contributed by atoms with Crippen molar-refractivity contribution in [3.63, 3.8) is 0 Å². The highest BCUT2D eigenvalue weighted by atomic mass is 15.5. The van der Waals surface area contributed by atoms with E-state index >= 15 is 0 Å². The van der Waals surface area contributed by atoms with Gasteiger partial charge in [0.25, 0.3) is 0 Å². The van der Waals surface area contributed by atoms with E-state index < -0.39 is 0 Å². The van der Waals surface area contributed by atoms with Gasteiger partial charge in [0.2, 0.25) is 0 Å². The summed E-state index contributed by atoms with van der Waals surface area (Å²) in [6.45, 7) is 0. The fourth-order valence-electron chi connectivity index (χ4n) is 1.11. The molecule has 0 aromatic heterocycles. The summed E-state index contributed by atoms with van der Waals surface area (Å²) in [6.07, 6.45) is 5.41. The van der Waals surface area contributed by atoms with Crippen molar-refractivity contribution in [2.75, 3.05) is 14.1 Å². The molecule has 0 saturated carbocycles. The highest BCUT2D eigenvalue weighted by Crippen LogP contribution is 2.10. The first-order valence-electron chi connectivity index (χ1n) is 4.18. The van der Waals surface area contributed by atoms with Crippen molar-refractivity contribution < 1.29 is 0 Å². The molecule has 0 spiro atoms. The average Bonchev–Trinajstić information content (AvgIpc) is 2.15. The quantitative estimate of drug-likeness (QED) is 0.551. The number of hydrazine groups is 1. The van der Waals surface area contributed by atoms with Gasteiger partial charge in [0.05, 0.1) is 0 Å². The largest absolute Gasteiger partial charge is 0.249 e.